The molecule has 4 heteroatoms. The number of carbonyl (C=O) groups is 1. The van der Waals surface area contributed by atoms with Gasteiger partial charge in [0.1, 0.15) is 0 Å². The summed E-state index contributed by atoms with van der Waals surface area (Å²) in [7, 11) is 0. The van der Waals surface area contributed by atoms with E-state index in [0.717, 1.165) is 38.3 Å². The molecule has 128 valence electrons. The van der Waals surface area contributed by atoms with Gasteiger partial charge in [-0.25, -0.2) is 0 Å². The molecule has 2 unspecified atom stereocenters. The highest BCUT2D eigenvalue weighted by molar-refractivity contribution is 5.85. The summed E-state index contributed by atoms with van der Waals surface area (Å²) in [4.78, 5) is 15.3. The molecule has 1 amide bonds. The van der Waals surface area contributed by atoms with Crippen LogP contribution in [0.5, 0.6) is 0 Å². The lowest BCUT2D eigenvalue weighted by Gasteiger charge is -2.35. The Bertz CT molecular complexity index is 341. The Kier molecular flexibility index (Phi) is 7.01. The lowest BCUT2D eigenvalue weighted by atomic mass is 9.79. The van der Waals surface area contributed by atoms with E-state index >= 15 is 0 Å². The first-order valence-electron chi connectivity index (χ1n) is 9.32. The van der Waals surface area contributed by atoms with Crippen LogP contribution in [0.2, 0.25) is 0 Å². The molecule has 0 radical (unpaired) electrons. The molecule has 2 atom stereocenters. The molecule has 3 fully saturated rings. The van der Waals surface area contributed by atoms with E-state index in [1.54, 1.807) is 0 Å². The lowest BCUT2D eigenvalue weighted by Crippen LogP contribution is -2.46. The van der Waals surface area contributed by atoms with E-state index in [0.29, 0.717) is 23.9 Å². The summed E-state index contributed by atoms with van der Waals surface area (Å²) in [6.45, 7) is 4.39. The van der Waals surface area contributed by atoms with Crippen molar-refractivity contribution in [2.75, 3.05) is 13.1 Å². The monoisotopic (exact) mass is 328 g/mol. The zero-order valence-corrected chi connectivity index (χ0v) is 14.9. The van der Waals surface area contributed by atoms with Crippen LogP contribution in [-0.4, -0.2) is 36.0 Å². The second-order valence-electron chi connectivity index (χ2n) is 7.48. The number of hydrogen-bond donors (Lipinski definition) is 1. The summed E-state index contributed by atoms with van der Waals surface area (Å²) in [6.07, 6.45) is 12.6. The summed E-state index contributed by atoms with van der Waals surface area (Å²) in [5.41, 5.74) is 0. The quantitative estimate of drug-likeness (QED) is 0.852. The molecule has 0 spiro atoms. The van der Waals surface area contributed by atoms with Gasteiger partial charge in [0.25, 0.3) is 0 Å². The van der Waals surface area contributed by atoms with E-state index in [9.17, 15) is 4.79 Å². The van der Waals surface area contributed by atoms with Gasteiger partial charge in [-0.15, -0.1) is 12.4 Å². The van der Waals surface area contributed by atoms with Crippen LogP contribution in [0.1, 0.15) is 71.1 Å². The molecule has 1 saturated carbocycles. The molecule has 0 aromatic carbocycles. The molecule has 0 aromatic heterocycles. The maximum Gasteiger partial charge on any atom is 0.226 e. The average Bonchev–Trinajstić information content (AvgIpc) is 2.78. The molecule has 22 heavy (non-hydrogen) atoms. The van der Waals surface area contributed by atoms with E-state index in [1.165, 1.54) is 44.9 Å². The number of nitrogens with zero attached hydrogens (tertiary/aromatic N) is 1. The summed E-state index contributed by atoms with van der Waals surface area (Å²) < 4.78 is 0. The van der Waals surface area contributed by atoms with Crippen molar-refractivity contribution < 1.29 is 4.79 Å². The van der Waals surface area contributed by atoms with Gasteiger partial charge in [0.05, 0.1) is 0 Å². The first-order valence-corrected chi connectivity index (χ1v) is 9.32. The van der Waals surface area contributed by atoms with E-state index in [-0.39, 0.29) is 12.4 Å². The Morgan fingerprint density at radius 3 is 2.50 bits per heavy atom. The second kappa shape index (κ2) is 8.54. The van der Waals surface area contributed by atoms with Crippen LogP contribution in [0.15, 0.2) is 0 Å². The normalized spacial score (nSPS) is 34.9. The van der Waals surface area contributed by atoms with Crippen molar-refractivity contribution in [2.24, 2.45) is 11.8 Å². The fourth-order valence-corrected chi connectivity index (χ4v) is 4.74. The lowest BCUT2D eigenvalue weighted by molar-refractivity contribution is -0.139. The topological polar surface area (TPSA) is 32.3 Å². The fraction of sp³-hybridized carbons (Fsp3) is 0.944. The fourth-order valence-electron chi connectivity index (χ4n) is 4.74. The smallest absolute Gasteiger partial charge is 0.226 e. The number of halogens is 1. The number of carbonyl (C=O) groups excluding carboxylic acids is 1. The van der Waals surface area contributed by atoms with Gasteiger partial charge < -0.3 is 10.2 Å². The highest BCUT2D eigenvalue weighted by atomic mass is 35.5. The molecule has 2 heterocycles. The van der Waals surface area contributed by atoms with Gasteiger partial charge in [0.2, 0.25) is 5.91 Å². The number of fused-ring (bicyclic) bond motifs is 2. The van der Waals surface area contributed by atoms with E-state index in [2.05, 4.69) is 17.1 Å². The summed E-state index contributed by atoms with van der Waals surface area (Å²) in [6, 6.07) is 1.03. The highest BCUT2D eigenvalue weighted by Gasteiger charge is 2.41. The van der Waals surface area contributed by atoms with E-state index in [1.807, 2.05) is 0 Å². The minimum atomic E-state index is 0. The van der Waals surface area contributed by atoms with Crippen LogP contribution in [0.4, 0.5) is 0 Å². The summed E-state index contributed by atoms with van der Waals surface area (Å²) in [5, 5.41) is 3.50. The Balaban J connectivity index is 0.00000176. The third-order valence-corrected chi connectivity index (χ3v) is 6.07. The molecule has 2 bridgehead atoms. The van der Waals surface area contributed by atoms with Crippen LogP contribution in [0.3, 0.4) is 0 Å². The zero-order chi connectivity index (χ0) is 14.7. The summed E-state index contributed by atoms with van der Waals surface area (Å²) >= 11 is 0. The van der Waals surface area contributed by atoms with Crippen molar-refractivity contribution in [2.45, 2.75) is 83.2 Å². The molecular weight excluding hydrogens is 296 g/mol. The minimum Gasteiger partial charge on any atom is -0.335 e. The van der Waals surface area contributed by atoms with Crippen LogP contribution in [0.25, 0.3) is 0 Å². The van der Waals surface area contributed by atoms with Gasteiger partial charge in [-0.2, -0.15) is 0 Å². The zero-order valence-electron chi connectivity index (χ0n) is 14.1. The van der Waals surface area contributed by atoms with Crippen molar-refractivity contribution in [3.05, 3.63) is 0 Å². The number of amides is 1. The molecule has 2 saturated heterocycles. The molecule has 3 rings (SSSR count). The minimum absolute atomic E-state index is 0. The number of unbranched alkanes of at least 4 members (excludes halogenated alkanes) is 1. The van der Waals surface area contributed by atoms with Gasteiger partial charge >= 0.3 is 0 Å². The summed E-state index contributed by atoms with van der Waals surface area (Å²) in [5.74, 6) is 1.74. The van der Waals surface area contributed by atoms with Crippen molar-refractivity contribution in [1.29, 1.82) is 0 Å². The Morgan fingerprint density at radius 2 is 1.77 bits per heavy atom. The second-order valence-corrected chi connectivity index (χ2v) is 7.48. The Labute approximate surface area is 142 Å². The van der Waals surface area contributed by atoms with Gasteiger partial charge in [0, 0.05) is 24.5 Å². The molecule has 1 aliphatic carbocycles. The number of nitrogens with one attached hydrogen (secondary N) is 1. The third-order valence-electron chi connectivity index (χ3n) is 6.07. The maximum atomic E-state index is 13.0. The molecule has 3 nitrogen and oxygen atoms in total. The highest BCUT2D eigenvalue weighted by Crippen LogP contribution is 2.36. The largest absolute Gasteiger partial charge is 0.335 e. The molecule has 3 aliphatic rings. The first kappa shape index (κ1) is 18.1. The van der Waals surface area contributed by atoms with Crippen molar-refractivity contribution in [1.82, 2.24) is 10.2 Å². The van der Waals surface area contributed by atoms with Gasteiger partial charge in [-0.3, -0.25) is 4.79 Å². The molecule has 1 N–H and O–H groups in total. The Hall–Kier alpha value is -0.280. The van der Waals surface area contributed by atoms with Gasteiger partial charge in [0.15, 0.2) is 0 Å². The van der Waals surface area contributed by atoms with Crippen LogP contribution < -0.4 is 5.32 Å². The number of hydrogen-bond acceptors (Lipinski definition) is 2. The van der Waals surface area contributed by atoms with Crippen LogP contribution >= 0.6 is 12.4 Å². The standard InChI is InChI=1S/C18H32N2O.ClH/c1-2-3-4-14-5-7-15(8-6-14)18(21)20-16-9-10-17(20)13-19-12-11-16;/h14-17,19H,2-13H2,1H3;1H. The van der Waals surface area contributed by atoms with Crippen molar-refractivity contribution in [3.8, 4) is 0 Å². The van der Waals surface area contributed by atoms with Crippen molar-refractivity contribution >= 4 is 18.3 Å². The van der Waals surface area contributed by atoms with Crippen LogP contribution in [0, 0.1) is 11.8 Å². The van der Waals surface area contributed by atoms with E-state index in [4.69, 9.17) is 0 Å². The molecule has 2 aliphatic heterocycles. The predicted octanol–water partition coefficient (Wildman–Crippen LogP) is 3.76. The average molecular weight is 329 g/mol. The van der Waals surface area contributed by atoms with E-state index < -0.39 is 0 Å². The van der Waals surface area contributed by atoms with Crippen molar-refractivity contribution in [3.63, 3.8) is 0 Å². The SMILES string of the molecule is CCCCC1CCC(C(=O)N2C3CCNCC2CC3)CC1.Cl. The predicted molar refractivity (Wildman–Crippen MR) is 93.4 cm³/mol. The van der Waals surface area contributed by atoms with Gasteiger partial charge in [-0.1, -0.05) is 26.2 Å². The molecular formula is C18H33ClN2O. The molecule has 0 aromatic rings. The third kappa shape index (κ3) is 3.97. The maximum absolute atomic E-state index is 13.0. The first-order chi connectivity index (χ1) is 10.3. The Morgan fingerprint density at radius 1 is 1.05 bits per heavy atom. The van der Waals surface area contributed by atoms with Gasteiger partial charge in [-0.05, 0) is 57.4 Å². The van der Waals surface area contributed by atoms with Crippen LogP contribution in [-0.2, 0) is 4.79 Å². The number of rotatable bonds is 4.